The Morgan fingerprint density at radius 3 is 2.73 bits per heavy atom. The van der Waals surface area contributed by atoms with Gasteiger partial charge in [-0.05, 0) is 64.0 Å². The van der Waals surface area contributed by atoms with Crippen LogP contribution in [0, 0.1) is 17.1 Å². The van der Waals surface area contributed by atoms with Crippen LogP contribution in [0.5, 0.6) is 11.5 Å². The molecule has 1 aromatic heterocycles. The van der Waals surface area contributed by atoms with Crippen molar-refractivity contribution in [3.63, 3.8) is 0 Å². The predicted molar refractivity (Wildman–Crippen MR) is 103 cm³/mol. The van der Waals surface area contributed by atoms with Crippen molar-refractivity contribution >= 4 is 38.9 Å². The Labute approximate surface area is 162 Å². The van der Waals surface area contributed by atoms with Gasteiger partial charge < -0.3 is 9.84 Å². The molecule has 0 saturated carbocycles. The summed E-state index contributed by atoms with van der Waals surface area (Å²) in [5.41, 5.74) is 2.51. The fourth-order valence-electron chi connectivity index (χ4n) is 2.29. The normalized spacial score (nSPS) is 11.2. The lowest BCUT2D eigenvalue weighted by molar-refractivity contribution is 0.372. The molecule has 3 aromatic rings. The standard InChI is InChI=1S/C19H12BrFN2O2S/c1-25-17-8-11(7-15(20)18(17)24)6-13(9-22)19-23-16(10-26-19)12-2-4-14(21)5-3-12/h2-8,10,24H,1H3/b13-6+. The number of allylic oxidation sites excluding steroid dienone is 1. The number of phenolic OH excluding ortho intramolecular Hbond substituents is 1. The third-order valence-electron chi connectivity index (χ3n) is 3.58. The topological polar surface area (TPSA) is 66.1 Å². The average molecular weight is 431 g/mol. The molecule has 0 fully saturated rings. The maximum atomic E-state index is 13.1. The van der Waals surface area contributed by atoms with Crippen molar-refractivity contribution in [2.24, 2.45) is 0 Å². The number of rotatable bonds is 4. The molecule has 1 N–H and O–H groups in total. The van der Waals surface area contributed by atoms with E-state index in [2.05, 4.69) is 27.0 Å². The van der Waals surface area contributed by atoms with Crippen molar-refractivity contribution in [3.8, 4) is 28.8 Å². The molecular weight excluding hydrogens is 419 g/mol. The van der Waals surface area contributed by atoms with Gasteiger partial charge in [0.2, 0.25) is 0 Å². The van der Waals surface area contributed by atoms with Crippen LogP contribution in [0.2, 0.25) is 0 Å². The molecule has 0 saturated heterocycles. The van der Waals surface area contributed by atoms with Crippen molar-refractivity contribution in [1.29, 1.82) is 5.26 Å². The number of nitriles is 1. The Morgan fingerprint density at radius 2 is 2.08 bits per heavy atom. The van der Waals surface area contributed by atoms with Gasteiger partial charge in [-0.25, -0.2) is 9.37 Å². The molecule has 0 aliphatic carbocycles. The quantitative estimate of drug-likeness (QED) is 0.555. The number of phenols is 1. The highest BCUT2D eigenvalue weighted by Crippen LogP contribution is 2.36. The van der Waals surface area contributed by atoms with E-state index in [-0.39, 0.29) is 11.6 Å². The summed E-state index contributed by atoms with van der Waals surface area (Å²) in [5, 5.41) is 21.8. The number of thiazole rings is 1. The van der Waals surface area contributed by atoms with E-state index in [0.29, 0.717) is 32.1 Å². The van der Waals surface area contributed by atoms with Gasteiger partial charge in [-0.3, -0.25) is 0 Å². The number of hydrogen-bond donors (Lipinski definition) is 1. The van der Waals surface area contributed by atoms with Crippen LogP contribution in [0.3, 0.4) is 0 Å². The van der Waals surface area contributed by atoms with E-state index in [1.54, 1.807) is 30.3 Å². The van der Waals surface area contributed by atoms with E-state index < -0.39 is 0 Å². The molecule has 7 heteroatoms. The van der Waals surface area contributed by atoms with E-state index in [0.717, 1.165) is 5.56 Å². The zero-order chi connectivity index (χ0) is 18.7. The second kappa shape index (κ2) is 7.68. The molecular formula is C19H12BrFN2O2S. The highest BCUT2D eigenvalue weighted by atomic mass is 79.9. The SMILES string of the molecule is COc1cc(/C=C(\C#N)c2nc(-c3ccc(F)cc3)cs2)cc(Br)c1O. The molecule has 4 nitrogen and oxygen atoms in total. The molecule has 130 valence electrons. The van der Waals surface area contributed by atoms with Gasteiger partial charge in [0.15, 0.2) is 11.5 Å². The Kier molecular flexibility index (Phi) is 5.35. The van der Waals surface area contributed by atoms with Crippen LogP contribution in [0.15, 0.2) is 46.3 Å². The second-order valence-electron chi connectivity index (χ2n) is 5.27. The number of ether oxygens (including phenoxy) is 1. The summed E-state index contributed by atoms with van der Waals surface area (Å²) in [4.78, 5) is 4.47. The minimum atomic E-state index is -0.311. The zero-order valence-electron chi connectivity index (χ0n) is 13.5. The molecule has 3 rings (SSSR count). The molecule has 0 atom stereocenters. The van der Waals surface area contributed by atoms with E-state index in [4.69, 9.17) is 4.74 Å². The molecule has 0 aliphatic rings. The van der Waals surface area contributed by atoms with Gasteiger partial charge in [-0.15, -0.1) is 11.3 Å². The van der Waals surface area contributed by atoms with E-state index in [1.807, 2.05) is 5.38 Å². The summed E-state index contributed by atoms with van der Waals surface area (Å²) < 4.78 is 18.6. The number of methoxy groups -OCH3 is 1. The van der Waals surface area contributed by atoms with E-state index >= 15 is 0 Å². The van der Waals surface area contributed by atoms with Gasteiger partial charge in [-0.1, -0.05) is 0 Å². The van der Waals surface area contributed by atoms with Crippen molar-refractivity contribution in [2.75, 3.05) is 7.11 Å². The summed E-state index contributed by atoms with van der Waals surface area (Å²) in [6.07, 6.45) is 1.67. The van der Waals surface area contributed by atoms with Crippen LogP contribution in [-0.4, -0.2) is 17.2 Å². The highest BCUT2D eigenvalue weighted by molar-refractivity contribution is 9.10. The number of hydrogen-bond acceptors (Lipinski definition) is 5. The lowest BCUT2D eigenvalue weighted by Crippen LogP contribution is -1.87. The Morgan fingerprint density at radius 1 is 1.35 bits per heavy atom. The number of nitrogens with zero attached hydrogens (tertiary/aromatic N) is 2. The van der Waals surface area contributed by atoms with E-state index in [9.17, 15) is 14.8 Å². The van der Waals surface area contributed by atoms with Crippen LogP contribution >= 0.6 is 27.3 Å². The molecule has 0 unspecified atom stereocenters. The maximum absolute atomic E-state index is 13.1. The van der Waals surface area contributed by atoms with Crippen molar-refractivity contribution in [3.05, 3.63) is 62.6 Å². The largest absolute Gasteiger partial charge is 0.503 e. The van der Waals surface area contributed by atoms with Crippen LogP contribution in [0.4, 0.5) is 4.39 Å². The van der Waals surface area contributed by atoms with Gasteiger partial charge in [0.1, 0.15) is 16.9 Å². The van der Waals surface area contributed by atoms with Gasteiger partial charge in [0.25, 0.3) is 0 Å². The van der Waals surface area contributed by atoms with Crippen molar-refractivity contribution < 1.29 is 14.2 Å². The van der Waals surface area contributed by atoms with Crippen LogP contribution in [0.25, 0.3) is 22.9 Å². The fraction of sp³-hybridized carbons (Fsp3) is 0.0526. The number of aromatic nitrogens is 1. The van der Waals surface area contributed by atoms with Crippen molar-refractivity contribution in [2.45, 2.75) is 0 Å². The molecule has 2 aromatic carbocycles. The van der Waals surface area contributed by atoms with Crippen LogP contribution < -0.4 is 4.74 Å². The molecule has 0 spiro atoms. The minimum absolute atomic E-state index is 0.00370. The first-order valence-corrected chi connectivity index (χ1v) is 9.09. The summed E-state index contributed by atoms with van der Waals surface area (Å²) in [6.45, 7) is 0. The highest BCUT2D eigenvalue weighted by Gasteiger charge is 2.12. The monoisotopic (exact) mass is 430 g/mol. The van der Waals surface area contributed by atoms with Crippen LogP contribution in [0.1, 0.15) is 10.6 Å². The zero-order valence-corrected chi connectivity index (χ0v) is 15.9. The van der Waals surface area contributed by atoms with Crippen LogP contribution in [-0.2, 0) is 0 Å². The summed E-state index contributed by atoms with van der Waals surface area (Å²) >= 11 is 4.59. The maximum Gasteiger partial charge on any atom is 0.172 e. The van der Waals surface area contributed by atoms with Gasteiger partial charge >= 0.3 is 0 Å². The summed E-state index contributed by atoms with van der Waals surface area (Å²) in [6, 6.07) is 11.5. The Hall–Kier alpha value is -2.69. The Bertz CT molecular complexity index is 1020. The first-order valence-electron chi connectivity index (χ1n) is 7.42. The van der Waals surface area contributed by atoms with Crippen molar-refractivity contribution in [1.82, 2.24) is 4.98 Å². The summed E-state index contributed by atoms with van der Waals surface area (Å²) in [5.74, 6) is -0.0151. The molecule has 0 aliphatic heterocycles. The molecule has 0 bridgehead atoms. The number of aromatic hydroxyl groups is 1. The summed E-state index contributed by atoms with van der Waals surface area (Å²) in [7, 11) is 1.45. The molecule has 0 radical (unpaired) electrons. The smallest absolute Gasteiger partial charge is 0.172 e. The molecule has 26 heavy (non-hydrogen) atoms. The Balaban J connectivity index is 1.97. The second-order valence-corrected chi connectivity index (χ2v) is 6.98. The fourth-order valence-corrected chi connectivity index (χ4v) is 3.55. The van der Waals surface area contributed by atoms with Gasteiger partial charge in [0.05, 0.1) is 22.8 Å². The van der Waals surface area contributed by atoms with Gasteiger partial charge in [0, 0.05) is 10.9 Å². The molecule has 0 amide bonds. The molecule has 1 heterocycles. The third kappa shape index (κ3) is 3.77. The van der Waals surface area contributed by atoms with E-state index in [1.165, 1.54) is 30.6 Å². The number of benzene rings is 2. The first kappa shape index (κ1) is 18.1. The van der Waals surface area contributed by atoms with Gasteiger partial charge in [-0.2, -0.15) is 5.26 Å². The first-order chi connectivity index (χ1) is 12.5. The lowest BCUT2D eigenvalue weighted by Gasteiger charge is -2.06. The minimum Gasteiger partial charge on any atom is -0.503 e. The number of halogens is 2. The predicted octanol–water partition coefficient (Wildman–Crippen LogP) is 5.49. The average Bonchev–Trinajstić information content (AvgIpc) is 3.13. The lowest BCUT2D eigenvalue weighted by atomic mass is 10.1. The third-order valence-corrected chi connectivity index (χ3v) is 5.06.